The molecule has 0 spiro atoms. The molecule has 8 nitrogen and oxygen atoms in total. The molecule has 0 saturated heterocycles. The number of hydrogen-bond donors (Lipinski definition) is 0. The highest BCUT2D eigenvalue weighted by atomic mass is 16.2. The van der Waals surface area contributed by atoms with Crippen LogP contribution in [0.2, 0.25) is 0 Å². The van der Waals surface area contributed by atoms with Gasteiger partial charge in [-0.2, -0.15) is 0 Å². The molecule has 1 aliphatic rings. The summed E-state index contributed by atoms with van der Waals surface area (Å²) in [6, 6.07) is 7.55. The van der Waals surface area contributed by atoms with Crippen LogP contribution in [0.5, 0.6) is 0 Å². The summed E-state index contributed by atoms with van der Waals surface area (Å²) in [6.07, 6.45) is 4.28. The lowest BCUT2D eigenvalue weighted by Crippen LogP contribution is -2.25. The summed E-state index contributed by atoms with van der Waals surface area (Å²) in [5, 5.41) is 11.1. The van der Waals surface area contributed by atoms with E-state index in [0.717, 1.165) is 29.1 Å². The minimum absolute atomic E-state index is 0.00684. The molecule has 138 valence electrons. The van der Waals surface area contributed by atoms with Crippen LogP contribution in [-0.4, -0.2) is 41.0 Å². The molecule has 0 unspecified atom stereocenters. The molecule has 0 N–H and O–H groups in total. The fourth-order valence-corrected chi connectivity index (χ4v) is 3.18. The number of aromatic nitrogens is 6. The molecule has 0 atom stereocenters. The van der Waals surface area contributed by atoms with Crippen molar-refractivity contribution in [3.8, 4) is 0 Å². The van der Waals surface area contributed by atoms with E-state index in [-0.39, 0.29) is 5.91 Å². The molecule has 4 rings (SSSR count). The van der Waals surface area contributed by atoms with Gasteiger partial charge in [0.2, 0.25) is 0 Å². The lowest BCUT2D eigenvalue weighted by Gasteiger charge is -2.15. The Labute approximate surface area is 157 Å². The molecule has 0 fully saturated rings. The van der Waals surface area contributed by atoms with E-state index in [9.17, 15) is 4.79 Å². The molecule has 1 aromatic carbocycles. The number of carbonyl (C=O) groups is 1. The predicted octanol–water partition coefficient (Wildman–Crippen LogP) is 1.87. The number of tetrazole rings is 1. The summed E-state index contributed by atoms with van der Waals surface area (Å²) in [4.78, 5) is 23.7. The third-order valence-corrected chi connectivity index (χ3v) is 4.52. The van der Waals surface area contributed by atoms with Gasteiger partial charge in [-0.3, -0.25) is 4.79 Å². The first kappa shape index (κ1) is 17.3. The lowest BCUT2D eigenvalue weighted by molar-refractivity contribution is 0.0750. The van der Waals surface area contributed by atoms with Gasteiger partial charge in [0.15, 0.2) is 0 Å². The number of nitrogens with zero attached hydrogens (tertiary/aromatic N) is 7. The van der Waals surface area contributed by atoms with Crippen LogP contribution in [0.1, 0.15) is 46.9 Å². The van der Waals surface area contributed by atoms with E-state index in [1.165, 1.54) is 0 Å². The topological polar surface area (TPSA) is 89.7 Å². The zero-order valence-electron chi connectivity index (χ0n) is 15.4. The Morgan fingerprint density at radius 3 is 2.70 bits per heavy atom. The Morgan fingerprint density at radius 1 is 1.19 bits per heavy atom. The Morgan fingerprint density at radius 2 is 2.00 bits per heavy atom. The zero-order valence-corrected chi connectivity index (χ0v) is 15.4. The second-order valence-electron chi connectivity index (χ2n) is 7.22. The molecular formula is C19H21N7O. The van der Waals surface area contributed by atoms with Gasteiger partial charge in [-0.1, -0.05) is 26.0 Å². The zero-order chi connectivity index (χ0) is 18.8. The van der Waals surface area contributed by atoms with Crippen molar-refractivity contribution in [2.75, 3.05) is 0 Å². The Balaban J connectivity index is 1.44. The maximum Gasteiger partial charge on any atom is 0.254 e. The molecule has 3 heterocycles. The smallest absolute Gasteiger partial charge is 0.254 e. The third-order valence-electron chi connectivity index (χ3n) is 4.52. The summed E-state index contributed by atoms with van der Waals surface area (Å²) in [7, 11) is 0. The van der Waals surface area contributed by atoms with E-state index in [2.05, 4.69) is 39.3 Å². The van der Waals surface area contributed by atoms with Crippen LogP contribution in [0.3, 0.4) is 0 Å². The van der Waals surface area contributed by atoms with Crippen LogP contribution in [0.15, 0.2) is 36.8 Å². The summed E-state index contributed by atoms with van der Waals surface area (Å²) in [6.45, 7) is 5.96. The summed E-state index contributed by atoms with van der Waals surface area (Å²) < 4.78 is 1.64. The fourth-order valence-electron chi connectivity index (χ4n) is 3.18. The lowest BCUT2D eigenvalue weighted by atomic mass is 10.1. The number of amides is 1. The van der Waals surface area contributed by atoms with E-state index in [4.69, 9.17) is 0 Å². The number of carbonyl (C=O) groups excluding carboxylic acids is 1. The summed E-state index contributed by atoms with van der Waals surface area (Å²) in [5.41, 5.74) is 3.70. The SMILES string of the molecule is CC(C)Cc1ncc2c(n1)CN(C(=O)c1ccc(Cn3cnnn3)cc1)C2. The molecule has 1 amide bonds. The Kier molecular flexibility index (Phi) is 4.62. The van der Waals surface area contributed by atoms with Gasteiger partial charge in [0, 0.05) is 30.3 Å². The standard InChI is InChI=1S/C19H21N7O/c1-13(2)7-18-20-8-16-10-25(11-17(16)22-18)19(27)15-5-3-14(4-6-15)9-26-12-21-23-24-26/h3-6,8,12-13H,7,9-11H2,1-2H3. The normalized spacial score (nSPS) is 13.2. The van der Waals surface area contributed by atoms with Gasteiger partial charge in [0.25, 0.3) is 5.91 Å². The van der Waals surface area contributed by atoms with E-state index < -0.39 is 0 Å². The third kappa shape index (κ3) is 3.84. The van der Waals surface area contributed by atoms with Crippen LogP contribution < -0.4 is 0 Å². The van der Waals surface area contributed by atoms with Crippen molar-refractivity contribution in [1.82, 2.24) is 35.1 Å². The Hall–Kier alpha value is -3.16. The summed E-state index contributed by atoms with van der Waals surface area (Å²) >= 11 is 0. The largest absolute Gasteiger partial charge is 0.328 e. The Bertz CT molecular complexity index is 935. The molecule has 0 saturated carbocycles. The first-order valence-electron chi connectivity index (χ1n) is 9.01. The van der Waals surface area contributed by atoms with E-state index in [1.807, 2.05) is 35.4 Å². The molecule has 8 heteroatoms. The van der Waals surface area contributed by atoms with Crippen LogP contribution in [0.4, 0.5) is 0 Å². The average Bonchev–Trinajstić information content (AvgIpc) is 3.30. The van der Waals surface area contributed by atoms with Crippen LogP contribution in [-0.2, 0) is 26.1 Å². The maximum atomic E-state index is 12.8. The minimum Gasteiger partial charge on any atom is -0.328 e. The summed E-state index contributed by atoms with van der Waals surface area (Å²) in [5.74, 6) is 1.37. The van der Waals surface area contributed by atoms with E-state index in [1.54, 1.807) is 11.0 Å². The highest BCUT2D eigenvalue weighted by Crippen LogP contribution is 2.23. The molecule has 3 aromatic rings. The van der Waals surface area contributed by atoms with Crippen molar-refractivity contribution < 1.29 is 4.79 Å². The maximum absolute atomic E-state index is 12.8. The van der Waals surface area contributed by atoms with Crippen LogP contribution in [0.25, 0.3) is 0 Å². The van der Waals surface area contributed by atoms with Crippen LogP contribution >= 0.6 is 0 Å². The second kappa shape index (κ2) is 7.22. The average molecular weight is 363 g/mol. The first-order chi connectivity index (χ1) is 13.1. The van der Waals surface area contributed by atoms with Gasteiger partial charge in [-0.05, 0) is 34.0 Å². The quantitative estimate of drug-likeness (QED) is 0.687. The minimum atomic E-state index is 0.00684. The van der Waals surface area contributed by atoms with Gasteiger partial charge in [0.1, 0.15) is 12.2 Å². The molecule has 2 aromatic heterocycles. The van der Waals surface area contributed by atoms with Gasteiger partial charge in [-0.15, -0.1) is 5.10 Å². The fraction of sp³-hybridized carbons (Fsp3) is 0.368. The molecular weight excluding hydrogens is 342 g/mol. The van der Waals surface area contributed by atoms with Gasteiger partial charge in [0.05, 0.1) is 18.8 Å². The van der Waals surface area contributed by atoms with Gasteiger partial charge >= 0.3 is 0 Å². The highest BCUT2D eigenvalue weighted by molar-refractivity contribution is 5.94. The van der Waals surface area contributed by atoms with Gasteiger partial charge < -0.3 is 4.90 Å². The highest BCUT2D eigenvalue weighted by Gasteiger charge is 2.26. The van der Waals surface area contributed by atoms with Crippen molar-refractivity contribution >= 4 is 5.91 Å². The molecule has 0 aliphatic carbocycles. The predicted molar refractivity (Wildman–Crippen MR) is 97.5 cm³/mol. The number of rotatable bonds is 5. The molecule has 0 bridgehead atoms. The molecule has 0 radical (unpaired) electrons. The van der Waals surface area contributed by atoms with Gasteiger partial charge in [-0.25, -0.2) is 14.6 Å². The van der Waals surface area contributed by atoms with E-state index >= 15 is 0 Å². The van der Waals surface area contributed by atoms with Crippen molar-refractivity contribution in [1.29, 1.82) is 0 Å². The van der Waals surface area contributed by atoms with Crippen molar-refractivity contribution in [2.45, 2.75) is 39.9 Å². The molecule has 27 heavy (non-hydrogen) atoms. The van der Waals surface area contributed by atoms with E-state index in [0.29, 0.717) is 31.1 Å². The monoisotopic (exact) mass is 363 g/mol. The first-order valence-corrected chi connectivity index (χ1v) is 9.01. The molecule has 1 aliphatic heterocycles. The number of fused-ring (bicyclic) bond motifs is 1. The van der Waals surface area contributed by atoms with Crippen molar-refractivity contribution in [3.05, 3.63) is 65.0 Å². The van der Waals surface area contributed by atoms with Crippen molar-refractivity contribution in [3.63, 3.8) is 0 Å². The number of hydrogen-bond acceptors (Lipinski definition) is 6. The van der Waals surface area contributed by atoms with Crippen molar-refractivity contribution in [2.24, 2.45) is 5.92 Å². The van der Waals surface area contributed by atoms with Crippen LogP contribution in [0, 0.1) is 5.92 Å². The number of benzene rings is 1. The second-order valence-corrected chi connectivity index (χ2v) is 7.22.